The van der Waals surface area contributed by atoms with E-state index < -0.39 is 0 Å². The summed E-state index contributed by atoms with van der Waals surface area (Å²) in [6, 6.07) is 15.2. The molecule has 2 aromatic heterocycles. The minimum absolute atomic E-state index is 0.0826. The number of nitrogens with one attached hydrogen (secondary N) is 2. The topological polar surface area (TPSA) is 102 Å². The molecule has 168 valence electrons. The van der Waals surface area contributed by atoms with Gasteiger partial charge in [-0.1, -0.05) is 42.1 Å². The molecule has 0 atom stereocenters. The Bertz CT molecular complexity index is 1210. The lowest BCUT2D eigenvalue weighted by Gasteiger charge is -2.11. The number of thioether (sulfide) groups is 1. The second-order valence-corrected chi connectivity index (χ2v) is 8.66. The number of nitrogens with zero attached hydrogens (tertiary/aromatic N) is 4. The third-order valence-electron chi connectivity index (χ3n) is 4.45. The predicted octanol–water partition coefficient (Wildman–Crippen LogP) is 3.45. The lowest BCUT2D eigenvalue weighted by Crippen LogP contribution is -2.26. The number of rotatable bonds is 9. The summed E-state index contributed by atoms with van der Waals surface area (Å²) < 4.78 is 15.2. The quantitative estimate of drug-likeness (QED) is 0.354. The zero-order valence-corrected chi connectivity index (χ0v) is 18.9. The van der Waals surface area contributed by atoms with E-state index in [1.54, 1.807) is 28.3 Å². The van der Waals surface area contributed by atoms with Crippen molar-refractivity contribution in [3.63, 3.8) is 0 Å². The van der Waals surface area contributed by atoms with Gasteiger partial charge in [0.25, 0.3) is 0 Å². The Morgan fingerprint density at radius 1 is 1.03 bits per heavy atom. The molecule has 2 heterocycles. The van der Waals surface area contributed by atoms with Gasteiger partial charge < -0.3 is 10.6 Å². The van der Waals surface area contributed by atoms with Crippen molar-refractivity contribution in [2.75, 3.05) is 11.1 Å². The zero-order valence-electron chi connectivity index (χ0n) is 17.3. The molecule has 4 rings (SSSR count). The highest BCUT2D eigenvalue weighted by Crippen LogP contribution is 2.23. The maximum atomic E-state index is 13.5. The van der Waals surface area contributed by atoms with Crippen molar-refractivity contribution in [3.05, 3.63) is 83.4 Å². The molecule has 0 fully saturated rings. The number of benzene rings is 2. The lowest BCUT2D eigenvalue weighted by atomic mass is 10.1. The van der Waals surface area contributed by atoms with Gasteiger partial charge in [0.2, 0.25) is 11.8 Å². The first-order valence-electron chi connectivity index (χ1n) is 9.91. The third-order valence-corrected chi connectivity index (χ3v) is 6.06. The Morgan fingerprint density at radius 3 is 2.55 bits per heavy atom. The van der Waals surface area contributed by atoms with Crippen molar-refractivity contribution in [1.29, 1.82) is 0 Å². The monoisotopic (exact) mass is 482 g/mol. The molecule has 11 heteroatoms. The molecular formula is C22H19FN6O2S2. The molecule has 33 heavy (non-hydrogen) atoms. The van der Waals surface area contributed by atoms with E-state index in [1.165, 1.54) is 35.2 Å². The normalized spacial score (nSPS) is 10.7. The van der Waals surface area contributed by atoms with Gasteiger partial charge in [0, 0.05) is 17.3 Å². The molecular weight excluding hydrogens is 463 g/mol. The van der Waals surface area contributed by atoms with Crippen LogP contribution in [0.1, 0.15) is 11.4 Å². The molecule has 0 unspecified atom stereocenters. The molecule has 0 spiro atoms. The average Bonchev–Trinajstić information content (AvgIpc) is 3.47. The molecule has 0 aliphatic carbocycles. The van der Waals surface area contributed by atoms with Crippen LogP contribution < -0.4 is 10.6 Å². The van der Waals surface area contributed by atoms with Crippen LogP contribution in [-0.4, -0.2) is 37.3 Å². The van der Waals surface area contributed by atoms with E-state index in [-0.39, 0.29) is 36.4 Å². The summed E-state index contributed by atoms with van der Waals surface area (Å²) in [7, 11) is 0. The van der Waals surface area contributed by atoms with Gasteiger partial charge in [0.1, 0.15) is 5.82 Å². The number of aromatic nitrogens is 4. The number of amides is 2. The fourth-order valence-corrected chi connectivity index (χ4v) is 4.27. The fourth-order valence-electron chi connectivity index (χ4n) is 2.95. The minimum Gasteiger partial charge on any atom is -0.348 e. The molecule has 2 N–H and O–H groups in total. The molecule has 2 amide bonds. The smallest absolute Gasteiger partial charge is 0.236 e. The highest BCUT2D eigenvalue weighted by atomic mass is 32.2. The van der Waals surface area contributed by atoms with Gasteiger partial charge in [0.05, 0.1) is 18.7 Å². The second kappa shape index (κ2) is 10.8. The highest BCUT2D eigenvalue weighted by molar-refractivity contribution is 7.99. The SMILES string of the molecule is O=C(Cc1ccccc1)NCc1nnc(SCC(=O)Nc2nccs2)n1-c1ccc(F)cc1. The standard InChI is InChI=1S/C22H19FN6O2S2/c23-16-6-8-17(9-7-16)29-18(13-25-19(30)12-15-4-2-1-3-5-15)27-28-22(29)33-14-20(31)26-21-24-10-11-32-21/h1-11H,12-14H2,(H,25,30)(H,24,26,31). The molecule has 4 aromatic rings. The highest BCUT2D eigenvalue weighted by Gasteiger charge is 2.17. The van der Waals surface area contributed by atoms with Crippen LogP contribution in [0.25, 0.3) is 5.69 Å². The number of thiazole rings is 1. The van der Waals surface area contributed by atoms with Crippen molar-refractivity contribution in [2.45, 2.75) is 18.1 Å². The summed E-state index contributed by atoms with van der Waals surface area (Å²) in [5.41, 5.74) is 1.52. The molecule has 0 saturated heterocycles. The Kier molecular flexibility index (Phi) is 7.43. The van der Waals surface area contributed by atoms with Gasteiger partial charge >= 0.3 is 0 Å². The number of hydrogen-bond donors (Lipinski definition) is 2. The van der Waals surface area contributed by atoms with Crippen LogP contribution >= 0.6 is 23.1 Å². The first kappa shape index (κ1) is 22.6. The summed E-state index contributed by atoms with van der Waals surface area (Å²) >= 11 is 2.51. The van der Waals surface area contributed by atoms with Gasteiger partial charge in [-0.3, -0.25) is 14.2 Å². The Hall–Kier alpha value is -3.57. The van der Waals surface area contributed by atoms with Crippen molar-refractivity contribution < 1.29 is 14.0 Å². The third kappa shape index (κ3) is 6.24. The molecule has 0 bridgehead atoms. The molecule has 0 saturated carbocycles. The number of halogens is 1. The van der Waals surface area contributed by atoms with Gasteiger partial charge in [-0.05, 0) is 29.8 Å². The van der Waals surface area contributed by atoms with Crippen LogP contribution in [0.15, 0.2) is 71.3 Å². The van der Waals surface area contributed by atoms with E-state index >= 15 is 0 Å². The van der Waals surface area contributed by atoms with E-state index in [4.69, 9.17) is 0 Å². The van der Waals surface area contributed by atoms with Crippen LogP contribution in [0.2, 0.25) is 0 Å². The molecule has 0 aliphatic heterocycles. The Labute approximate surface area is 197 Å². The van der Waals surface area contributed by atoms with Crippen molar-refractivity contribution >= 4 is 40.0 Å². The number of anilines is 1. The first-order valence-corrected chi connectivity index (χ1v) is 11.8. The van der Waals surface area contributed by atoms with Crippen LogP contribution in [0.3, 0.4) is 0 Å². The Morgan fingerprint density at radius 2 is 1.82 bits per heavy atom. The van der Waals surface area contributed by atoms with Crippen LogP contribution in [-0.2, 0) is 22.6 Å². The largest absolute Gasteiger partial charge is 0.348 e. The molecule has 8 nitrogen and oxygen atoms in total. The maximum absolute atomic E-state index is 13.5. The van der Waals surface area contributed by atoms with Gasteiger partial charge in [-0.25, -0.2) is 9.37 Å². The number of carbonyl (C=O) groups excluding carboxylic acids is 2. The number of hydrogen-bond acceptors (Lipinski definition) is 7. The van der Waals surface area contributed by atoms with Gasteiger partial charge in [0.15, 0.2) is 16.1 Å². The van der Waals surface area contributed by atoms with E-state index in [0.29, 0.717) is 21.8 Å². The van der Waals surface area contributed by atoms with Crippen molar-refractivity contribution in [3.8, 4) is 5.69 Å². The fraction of sp³-hybridized carbons (Fsp3) is 0.136. The summed E-state index contributed by atoms with van der Waals surface area (Å²) in [5.74, 6) is -0.222. The van der Waals surface area contributed by atoms with E-state index in [0.717, 1.165) is 5.56 Å². The molecule has 0 radical (unpaired) electrons. The van der Waals surface area contributed by atoms with Gasteiger partial charge in [-0.15, -0.1) is 21.5 Å². The lowest BCUT2D eigenvalue weighted by molar-refractivity contribution is -0.120. The van der Waals surface area contributed by atoms with E-state index in [1.807, 2.05) is 30.3 Å². The summed E-state index contributed by atoms with van der Waals surface area (Å²) in [6.45, 7) is 0.127. The molecule has 2 aromatic carbocycles. The van der Waals surface area contributed by atoms with Crippen molar-refractivity contribution in [2.24, 2.45) is 0 Å². The number of carbonyl (C=O) groups is 2. The van der Waals surface area contributed by atoms with Crippen molar-refractivity contribution in [1.82, 2.24) is 25.1 Å². The second-order valence-electron chi connectivity index (χ2n) is 6.82. The maximum Gasteiger partial charge on any atom is 0.236 e. The molecule has 0 aliphatic rings. The average molecular weight is 483 g/mol. The summed E-state index contributed by atoms with van der Waals surface area (Å²) in [5, 5.41) is 16.7. The van der Waals surface area contributed by atoms with Crippen LogP contribution in [0.4, 0.5) is 9.52 Å². The van der Waals surface area contributed by atoms with E-state index in [2.05, 4.69) is 25.8 Å². The zero-order chi connectivity index (χ0) is 23.0. The Balaban J connectivity index is 1.46. The summed E-state index contributed by atoms with van der Waals surface area (Å²) in [6.07, 6.45) is 1.85. The predicted molar refractivity (Wildman–Crippen MR) is 125 cm³/mol. The first-order chi connectivity index (χ1) is 16.1. The minimum atomic E-state index is -0.374. The summed E-state index contributed by atoms with van der Waals surface area (Å²) in [4.78, 5) is 28.6. The van der Waals surface area contributed by atoms with E-state index in [9.17, 15) is 14.0 Å². The van der Waals surface area contributed by atoms with Gasteiger partial charge in [-0.2, -0.15) is 0 Å². The van der Waals surface area contributed by atoms with Crippen LogP contribution in [0, 0.1) is 5.82 Å². The van der Waals surface area contributed by atoms with Crippen LogP contribution in [0.5, 0.6) is 0 Å².